The van der Waals surface area contributed by atoms with Gasteiger partial charge in [0.15, 0.2) is 0 Å². The van der Waals surface area contributed by atoms with Crippen LogP contribution in [0.5, 0.6) is 0 Å². The van der Waals surface area contributed by atoms with Gasteiger partial charge in [-0.2, -0.15) is 0 Å². The van der Waals surface area contributed by atoms with Gasteiger partial charge >= 0.3 is 0 Å². The van der Waals surface area contributed by atoms with Crippen molar-refractivity contribution in [3.05, 3.63) is 0 Å². The number of unbranched alkanes of at least 4 members (excludes halogenated alkanes) is 6. The molecular weight excluding hydrogens is 222 g/mol. The van der Waals surface area contributed by atoms with Crippen LogP contribution in [-0.2, 0) is 4.74 Å². The molecule has 1 aliphatic rings. The fourth-order valence-corrected chi connectivity index (χ4v) is 2.13. The zero-order chi connectivity index (χ0) is 10.8. The molecule has 1 atom stereocenters. The summed E-state index contributed by atoms with van der Waals surface area (Å²) in [5, 5.41) is 3.38. The lowest BCUT2D eigenvalue weighted by molar-refractivity contribution is 0.0220. The van der Waals surface area contributed by atoms with E-state index < -0.39 is 0 Å². The van der Waals surface area contributed by atoms with Crippen LogP contribution in [0, 0.1) is 0 Å². The highest BCUT2D eigenvalue weighted by atomic mass is 35.5. The molecule has 1 aliphatic heterocycles. The topological polar surface area (TPSA) is 21.3 Å². The molecule has 2 nitrogen and oxygen atoms in total. The van der Waals surface area contributed by atoms with Crippen LogP contribution in [0.25, 0.3) is 0 Å². The van der Waals surface area contributed by atoms with Crippen LogP contribution in [0.4, 0.5) is 0 Å². The average molecular weight is 250 g/mol. The molecule has 16 heavy (non-hydrogen) atoms. The number of rotatable bonds is 8. The number of morpholine rings is 1. The molecular formula is C13H28ClNO. The van der Waals surface area contributed by atoms with Crippen molar-refractivity contribution in [3.63, 3.8) is 0 Å². The molecule has 0 amide bonds. The van der Waals surface area contributed by atoms with E-state index in [2.05, 4.69) is 12.2 Å². The Hall–Kier alpha value is 0.210. The molecule has 0 aromatic carbocycles. The van der Waals surface area contributed by atoms with E-state index in [0.717, 1.165) is 19.7 Å². The van der Waals surface area contributed by atoms with Gasteiger partial charge in [0.2, 0.25) is 0 Å². The Morgan fingerprint density at radius 2 is 1.75 bits per heavy atom. The summed E-state index contributed by atoms with van der Waals surface area (Å²) >= 11 is 0. The summed E-state index contributed by atoms with van der Waals surface area (Å²) in [7, 11) is 0. The minimum atomic E-state index is 0. The summed E-state index contributed by atoms with van der Waals surface area (Å²) in [6.45, 7) is 5.28. The van der Waals surface area contributed by atoms with Crippen LogP contribution in [0.15, 0.2) is 0 Å². The lowest BCUT2D eigenvalue weighted by atomic mass is 10.1. The molecule has 1 N–H and O–H groups in total. The van der Waals surface area contributed by atoms with Crippen molar-refractivity contribution in [3.8, 4) is 0 Å². The third-order valence-corrected chi connectivity index (χ3v) is 3.13. The maximum absolute atomic E-state index is 5.66. The van der Waals surface area contributed by atoms with Crippen molar-refractivity contribution in [2.45, 2.75) is 64.4 Å². The second-order valence-corrected chi connectivity index (χ2v) is 4.61. The zero-order valence-electron chi connectivity index (χ0n) is 10.7. The number of halogens is 1. The summed E-state index contributed by atoms with van der Waals surface area (Å²) in [4.78, 5) is 0. The molecule has 0 saturated carbocycles. The molecule has 0 bridgehead atoms. The summed E-state index contributed by atoms with van der Waals surface area (Å²) in [5.41, 5.74) is 0. The minimum Gasteiger partial charge on any atom is -0.376 e. The highest BCUT2D eigenvalue weighted by Gasteiger charge is 2.11. The van der Waals surface area contributed by atoms with Gasteiger partial charge in [0, 0.05) is 13.1 Å². The van der Waals surface area contributed by atoms with Crippen LogP contribution in [0.2, 0.25) is 0 Å². The zero-order valence-corrected chi connectivity index (χ0v) is 11.5. The Bertz CT molecular complexity index is 138. The summed E-state index contributed by atoms with van der Waals surface area (Å²) in [6, 6.07) is 0. The van der Waals surface area contributed by atoms with E-state index in [1.807, 2.05) is 0 Å². The average Bonchev–Trinajstić information content (AvgIpc) is 2.29. The Balaban J connectivity index is 0.00000225. The third kappa shape index (κ3) is 8.37. The van der Waals surface area contributed by atoms with Gasteiger partial charge in [0.25, 0.3) is 0 Å². The second-order valence-electron chi connectivity index (χ2n) is 4.61. The highest BCUT2D eigenvalue weighted by molar-refractivity contribution is 5.85. The van der Waals surface area contributed by atoms with Gasteiger partial charge in [0.1, 0.15) is 0 Å². The van der Waals surface area contributed by atoms with Crippen molar-refractivity contribution < 1.29 is 4.74 Å². The summed E-state index contributed by atoms with van der Waals surface area (Å²) in [6.07, 6.45) is 11.5. The van der Waals surface area contributed by atoms with E-state index in [1.54, 1.807) is 0 Å². The van der Waals surface area contributed by atoms with Gasteiger partial charge in [-0.3, -0.25) is 0 Å². The minimum absolute atomic E-state index is 0. The van der Waals surface area contributed by atoms with Gasteiger partial charge in [-0.1, -0.05) is 51.9 Å². The van der Waals surface area contributed by atoms with Crippen molar-refractivity contribution in [2.75, 3.05) is 19.7 Å². The van der Waals surface area contributed by atoms with Crippen molar-refractivity contribution in [2.24, 2.45) is 0 Å². The first-order valence-electron chi connectivity index (χ1n) is 6.76. The number of hydrogen-bond acceptors (Lipinski definition) is 2. The van der Waals surface area contributed by atoms with E-state index in [-0.39, 0.29) is 12.4 Å². The Morgan fingerprint density at radius 1 is 1.06 bits per heavy atom. The van der Waals surface area contributed by atoms with E-state index >= 15 is 0 Å². The highest BCUT2D eigenvalue weighted by Crippen LogP contribution is 2.11. The van der Waals surface area contributed by atoms with E-state index in [9.17, 15) is 0 Å². The van der Waals surface area contributed by atoms with Crippen LogP contribution < -0.4 is 5.32 Å². The predicted molar refractivity (Wildman–Crippen MR) is 72.5 cm³/mol. The SMILES string of the molecule is CCCCCCCCCC1CNCCO1.Cl. The van der Waals surface area contributed by atoms with Crippen LogP contribution >= 0.6 is 12.4 Å². The van der Waals surface area contributed by atoms with Gasteiger partial charge in [0.05, 0.1) is 12.7 Å². The Kier molecular flexibility index (Phi) is 11.8. The van der Waals surface area contributed by atoms with Crippen LogP contribution in [0.1, 0.15) is 58.3 Å². The maximum Gasteiger partial charge on any atom is 0.0700 e. The molecule has 98 valence electrons. The van der Waals surface area contributed by atoms with Gasteiger partial charge < -0.3 is 10.1 Å². The molecule has 1 rings (SSSR count). The monoisotopic (exact) mass is 249 g/mol. The smallest absolute Gasteiger partial charge is 0.0700 e. The summed E-state index contributed by atoms with van der Waals surface area (Å²) in [5.74, 6) is 0. The first-order chi connectivity index (χ1) is 7.43. The summed E-state index contributed by atoms with van der Waals surface area (Å²) < 4.78 is 5.66. The quantitative estimate of drug-likeness (QED) is 0.665. The van der Waals surface area contributed by atoms with Crippen molar-refractivity contribution in [1.29, 1.82) is 0 Å². The fourth-order valence-electron chi connectivity index (χ4n) is 2.13. The number of hydrogen-bond donors (Lipinski definition) is 1. The van der Waals surface area contributed by atoms with E-state index in [0.29, 0.717) is 6.10 Å². The van der Waals surface area contributed by atoms with E-state index in [4.69, 9.17) is 4.74 Å². The second kappa shape index (κ2) is 11.7. The molecule has 1 saturated heterocycles. The van der Waals surface area contributed by atoms with E-state index in [1.165, 1.54) is 51.4 Å². The van der Waals surface area contributed by atoms with Gasteiger partial charge in [-0.15, -0.1) is 12.4 Å². The van der Waals surface area contributed by atoms with Crippen LogP contribution in [0.3, 0.4) is 0 Å². The first kappa shape index (κ1) is 16.2. The van der Waals surface area contributed by atoms with Gasteiger partial charge in [-0.05, 0) is 6.42 Å². The first-order valence-corrected chi connectivity index (χ1v) is 6.76. The Labute approximate surface area is 107 Å². The normalized spacial score (nSPS) is 20.4. The predicted octanol–water partition coefficient (Wildman–Crippen LogP) is 3.54. The largest absolute Gasteiger partial charge is 0.376 e. The lowest BCUT2D eigenvalue weighted by Crippen LogP contribution is -2.38. The molecule has 0 spiro atoms. The van der Waals surface area contributed by atoms with Crippen LogP contribution in [-0.4, -0.2) is 25.8 Å². The molecule has 1 unspecified atom stereocenters. The molecule has 1 fully saturated rings. The van der Waals surface area contributed by atoms with Gasteiger partial charge in [-0.25, -0.2) is 0 Å². The molecule has 0 aromatic heterocycles. The maximum atomic E-state index is 5.66. The van der Waals surface area contributed by atoms with Crippen molar-refractivity contribution >= 4 is 12.4 Å². The molecule has 0 aliphatic carbocycles. The molecule has 1 heterocycles. The number of nitrogens with one attached hydrogen (secondary N) is 1. The lowest BCUT2D eigenvalue weighted by Gasteiger charge is -2.23. The number of ether oxygens (including phenoxy) is 1. The van der Waals surface area contributed by atoms with Crippen molar-refractivity contribution in [1.82, 2.24) is 5.32 Å². The standard InChI is InChI=1S/C13H27NO.ClH/c1-2-3-4-5-6-7-8-9-13-12-14-10-11-15-13;/h13-14H,2-12H2,1H3;1H. The Morgan fingerprint density at radius 3 is 2.38 bits per heavy atom. The molecule has 0 radical (unpaired) electrons. The third-order valence-electron chi connectivity index (χ3n) is 3.13. The molecule has 0 aromatic rings. The molecule has 3 heteroatoms. The fraction of sp³-hybridized carbons (Fsp3) is 1.00.